The Labute approximate surface area is 146 Å². The van der Waals surface area contributed by atoms with Gasteiger partial charge in [-0.2, -0.15) is 5.10 Å². The average Bonchev–Trinajstić information content (AvgIpc) is 2.86. The molecule has 1 saturated carbocycles. The molecule has 0 spiro atoms. The van der Waals surface area contributed by atoms with Crippen molar-refractivity contribution in [2.24, 2.45) is 11.0 Å². The van der Waals surface area contributed by atoms with Gasteiger partial charge in [0, 0.05) is 12.5 Å². The normalized spacial score (nSPS) is 22.7. The van der Waals surface area contributed by atoms with Crippen molar-refractivity contribution < 1.29 is 0 Å². The number of allylic oxidation sites excluding steroid dienone is 4. The molecule has 0 aliphatic heterocycles. The largest absolute Gasteiger partial charge is 0.307 e. The molecule has 0 saturated heterocycles. The molecule has 128 valence electrons. The van der Waals surface area contributed by atoms with E-state index in [1.54, 1.807) is 0 Å². The van der Waals surface area contributed by atoms with Crippen molar-refractivity contribution in [3.8, 4) is 0 Å². The standard InChI is InChI=1S/C22H30N2/c1-16-14-17(2)21(18(16)3)15-22(19-10-6-4-7-11-19)24-23-20-12-8-5-9-13-20/h4,6-7,10-11,14,18,20,23H,5,8-9,12-13,15H2,1-3H3. The van der Waals surface area contributed by atoms with Crippen molar-refractivity contribution in [1.82, 2.24) is 5.43 Å². The van der Waals surface area contributed by atoms with Crippen LogP contribution in [0.2, 0.25) is 0 Å². The minimum Gasteiger partial charge on any atom is -0.307 e. The molecule has 1 aromatic carbocycles. The first-order valence-corrected chi connectivity index (χ1v) is 9.40. The van der Waals surface area contributed by atoms with Gasteiger partial charge < -0.3 is 5.43 Å². The molecule has 2 aliphatic rings. The molecule has 3 rings (SSSR count). The van der Waals surface area contributed by atoms with E-state index in [1.807, 2.05) is 0 Å². The third-order valence-electron chi connectivity index (χ3n) is 5.61. The van der Waals surface area contributed by atoms with E-state index in [4.69, 9.17) is 5.10 Å². The lowest BCUT2D eigenvalue weighted by molar-refractivity contribution is 0.380. The molecule has 0 heterocycles. The van der Waals surface area contributed by atoms with Crippen LogP contribution in [-0.4, -0.2) is 11.8 Å². The van der Waals surface area contributed by atoms with Crippen LogP contribution in [0.15, 0.2) is 58.2 Å². The molecular weight excluding hydrogens is 292 g/mol. The second-order valence-electron chi connectivity index (χ2n) is 7.38. The fraction of sp³-hybridized carbons (Fsp3) is 0.500. The Balaban J connectivity index is 1.79. The van der Waals surface area contributed by atoms with Crippen LogP contribution < -0.4 is 5.43 Å². The number of nitrogens with one attached hydrogen (secondary N) is 1. The lowest BCUT2D eigenvalue weighted by Crippen LogP contribution is -2.28. The SMILES string of the molecule is CC1=CC(C)=C(CC(=NNC2CCCCC2)c2ccccc2)C1C. The van der Waals surface area contributed by atoms with Gasteiger partial charge in [0.15, 0.2) is 0 Å². The van der Waals surface area contributed by atoms with E-state index in [9.17, 15) is 0 Å². The highest BCUT2D eigenvalue weighted by atomic mass is 15.3. The van der Waals surface area contributed by atoms with Crippen LogP contribution in [0.1, 0.15) is 64.9 Å². The summed E-state index contributed by atoms with van der Waals surface area (Å²) in [4.78, 5) is 0. The van der Waals surface area contributed by atoms with Crippen molar-refractivity contribution in [2.45, 2.75) is 65.3 Å². The van der Waals surface area contributed by atoms with Gasteiger partial charge in [0.25, 0.3) is 0 Å². The molecule has 1 unspecified atom stereocenters. The zero-order chi connectivity index (χ0) is 16.9. The van der Waals surface area contributed by atoms with E-state index in [0.717, 1.165) is 6.42 Å². The minimum atomic E-state index is 0.536. The molecule has 1 N–H and O–H groups in total. The highest BCUT2D eigenvalue weighted by Gasteiger charge is 2.21. The fourth-order valence-corrected chi connectivity index (χ4v) is 3.89. The van der Waals surface area contributed by atoms with Crippen LogP contribution in [-0.2, 0) is 0 Å². The second-order valence-corrected chi connectivity index (χ2v) is 7.38. The maximum absolute atomic E-state index is 4.88. The molecule has 24 heavy (non-hydrogen) atoms. The van der Waals surface area contributed by atoms with E-state index in [0.29, 0.717) is 12.0 Å². The predicted octanol–water partition coefficient (Wildman–Crippen LogP) is 5.62. The molecule has 1 fully saturated rings. The molecule has 1 aromatic rings. The van der Waals surface area contributed by atoms with Gasteiger partial charge in [0.2, 0.25) is 0 Å². The summed E-state index contributed by atoms with van der Waals surface area (Å²) in [5.74, 6) is 0.536. The maximum Gasteiger partial charge on any atom is 0.0716 e. The summed E-state index contributed by atoms with van der Waals surface area (Å²) < 4.78 is 0. The molecule has 2 aliphatic carbocycles. The van der Waals surface area contributed by atoms with Crippen LogP contribution >= 0.6 is 0 Å². The Morgan fingerprint density at radius 1 is 1.08 bits per heavy atom. The lowest BCUT2D eigenvalue weighted by Gasteiger charge is -2.22. The monoisotopic (exact) mass is 322 g/mol. The minimum absolute atomic E-state index is 0.536. The van der Waals surface area contributed by atoms with E-state index in [1.165, 1.54) is 60.1 Å². The lowest BCUT2D eigenvalue weighted by atomic mass is 9.91. The Morgan fingerprint density at radius 2 is 1.79 bits per heavy atom. The summed E-state index contributed by atoms with van der Waals surface area (Å²) in [7, 11) is 0. The Hall–Kier alpha value is -1.83. The van der Waals surface area contributed by atoms with Crippen molar-refractivity contribution in [1.29, 1.82) is 0 Å². The fourth-order valence-electron chi connectivity index (χ4n) is 3.89. The van der Waals surface area contributed by atoms with Gasteiger partial charge in [-0.1, -0.05) is 79.3 Å². The number of benzene rings is 1. The van der Waals surface area contributed by atoms with E-state index in [-0.39, 0.29) is 0 Å². The third-order valence-corrected chi connectivity index (χ3v) is 5.61. The quantitative estimate of drug-likeness (QED) is 0.552. The van der Waals surface area contributed by atoms with Gasteiger partial charge in [-0.25, -0.2) is 0 Å². The Kier molecular flexibility index (Phi) is 5.55. The first-order valence-electron chi connectivity index (χ1n) is 9.40. The van der Waals surface area contributed by atoms with Crippen LogP contribution in [0.5, 0.6) is 0 Å². The van der Waals surface area contributed by atoms with Gasteiger partial charge in [-0.3, -0.25) is 0 Å². The first-order chi connectivity index (χ1) is 11.6. The summed E-state index contributed by atoms with van der Waals surface area (Å²) in [6.07, 6.45) is 9.81. The molecule has 0 aromatic heterocycles. The summed E-state index contributed by atoms with van der Waals surface area (Å²) in [6, 6.07) is 11.2. The van der Waals surface area contributed by atoms with Gasteiger partial charge in [-0.15, -0.1) is 0 Å². The smallest absolute Gasteiger partial charge is 0.0716 e. The van der Waals surface area contributed by atoms with E-state index < -0.39 is 0 Å². The van der Waals surface area contributed by atoms with Crippen molar-refractivity contribution in [2.75, 3.05) is 0 Å². The molecule has 0 amide bonds. The van der Waals surface area contributed by atoms with Crippen LogP contribution in [0.3, 0.4) is 0 Å². The average molecular weight is 322 g/mol. The summed E-state index contributed by atoms with van der Waals surface area (Å²) in [6.45, 7) is 6.79. The molecule has 1 atom stereocenters. The molecular formula is C22H30N2. The van der Waals surface area contributed by atoms with Crippen LogP contribution in [0, 0.1) is 5.92 Å². The molecule has 2 heteroatoms. The number of rotatable bonds is 5. The molecule has 2 nitrogen and oxygen atoms in total. The van der Waals surface area contributed by atoms with Crippen LogP contribution in [0.25, 0.3) is 0 Å². The van der Waals surface area contributed by atoms with E-state index >= 15 is 0 Å². The second kappa shape index (κ2) is 7.83. The number of nitrogens with zero attached hydrogens (tertiary/aromatic N) is 1. The summed E-state index contributed by atoms with van der Waals surface area (Å²) >= 11 is 0. The Morgan fingerprint density at radius 3 is 2.42 bits per heavy atom. The number of hydrazone groups is 1. The molecule has 0 bridgehead atoms. The van der Waals surface area contributed by atoms with Crippen molar-refractivity contribution >= 4 is 5.71 Å². The maximum atomic E-state index is 4.88. The van der Waals surface area contributed by atoms with Crippen molar-refractivity contribution in [3.05, 3.63) is 58.7 Å². The predicted molar refractivity (Wildman–Crippen MR) is 103 cm³/mol. The van der Waals surface area contributed by atoms with Gasteiger partial charge in [0.1, 0.15) is 0 Å². The van der Waals surface area contributed by atoms with Gasteiger partial charge in [0.05, 0.1) is 5.71 Å². The topological polar surface area (TPSA) is 24.4 Å². The van der Waals surface area contributed by atoms with Crippen LogP contribution in [0.4, 0.5) is 0 Å². The van der Waals surface area contributed by atoms with Gasteiger partial charge >= 0.3 is 0 Å². The highest BCUT2D eigenvalue weighted by Crippen LogP contribution is 2.34. The Bertz CT molecular complexity index is 646. The van der Waals surface area contributed by atoms with Crippen molar-refractivity contribution in [3.63, 3.8) is 0 Å². The third kappa shape index (κ3) is 3.98. The number of hydrogen-bond acceptors (Lipinski definition) is 2. The van der Waals surface area contributed by atoms with E-state index in [2.05, 4.69) is 62.6 Å². The highest BCUT2D eigenvalue weighted by molar-refractivity contribution is 6.02. The molecule has 0 radical (unpaired) electrons. The number of hydrogen-bond donors (Lipinski definition) is 1. The summed E-state index contributed by atoms with van der Waals surface area (Å²) in [5, 5.41) is 4.88. The summed E-state index contributed by atoms with van der Waals surface area (Å²) in [5.41, 5.74) is 10.3. The first kappa shape index (κ1) is 17.0. The van der Waals surface area contributed by atoms with Gasteiger partial charge in [-0.05, 0) is 38.2 Å². The zero-order valence-corrected chi connectivity index (χ0v) is 15.3. The zero-order valence-electron chi connectivity index (χ0n) is 15.3.